The maximum atomic E-state index is 12.7. The number of thiophene rings is 1. The molecule has 0 bridgehead atoms. The lowest BCUT2D eigenvalue weighted by molar-refractivity contribution is -0.384. The van der Waals surface area contributed by atoms with Gasteiger partial charge in [0.05, 0.1) is 28.7 Å². The largest absolute Gasteiger partial charge is 0.493 e. The van der Waals surface area contributed by atoms with E-state index < -0.39 is 10.9 Å². The number of rotatable bonds is 6. The van der Waals surface area contributed by atoms with Crippen molar-refractivity contribution in [2.75, 3.05) is 7.11 Å². The third-order valence-corrected chi connectivity index (χ3v) is 4.96. The molecule has 0 saturated heterocycles. The van der Waals surface area contributed by atoms with Gasteiger partial charge in [0.25, 0.3) is 11.5 Å². The van der Waals surface area contributed by atoms with Crippen molar-refractivity contribution in [3.63, 3.8) is 0 Å². The SMILES string of the molecule is COc1ccc([N+](=O)[O-])cc1OC(=O)c1nc(-c2cccs2)n(-c2ccccc2)n1. The molecule has 0 fully saturated rings. The summed E-state index contributed by atoms with van der Waals surface area (Å²) < 4.78 is 12.0. The van der Waals surface area contributed by atoms with Gasteiger partial charge in [-0.3, -0.25) is 10.1 Å². The molecule has 0 N–H and O–H groups in total. The molecule has 0 aliphatic heterocycles. The minimum absolute atomic E-state index is 0.0922. The van der Waals surface area contributed by atoms with Gasteiger partial charge in [0.15, 0.2) is 17.3 Å². The Labute approximate surface area is 174 Å². The van der Waals surface area contributed by atoms with E-state index in [1.807, 2.05) is 47.8 Å². The van der Waals surface area contributed by atoms with Gasteiger partial charge in [0.2, 0.25) is 0 Å². The molecule has 0 spiro atoms. The zero-order valence-corrected chi connectivity index (χ0v) is 16.4. The molecule has 2 aromatic heterocycles. The zero-order chi connectivity index (χ0) is 21.1. The minimum Gasteiger partial charge on any atom is -0.493 e. The highest BCUT2D eigenvalue weighted by Gasteiger charge is 2.23. The highest BCUT2D eigenvalue weighted by atomic mass is 32.1. The molecule has 30 heavy (non-hydrogen) atoms. The number of non-ortho nitro benzene ring substituents is 1. The Kier molecular flexibility index (Phi) is 5.22. The van der Waals surface area contributed by atoms with E-state index in [0.29, 0.717) is 5.82 Å². The normalized spacial score (nSPS) is 10.6. The van der Waals surface area contributed by atoms with Crippen LogP contribution in [0, 0.1) is 10.1 Å². The van der Waals surface area contributed by atoms with Crippen LogP contribution in [-0.4, -0.2) is 32.8 Å². The number of ether oxygens (including phenoxy) is 2. The number of carbonyl (C=O) groups is 1. The molecule has 0 radical (unpaired) electrons. The molecule has 9 nitrogen and oxygen atoms in total. The Morgan fingerprint density at radius 3 is 2.57 bits per heavy atom. The van der Waals surface area contributed by atoms with Gasteiger partial charge >= 0.3 is 5.97 Å². The maximum absolute atomic E-state index is 12.7. The number of carbonyl (C=O) groups excluding carboxylic acids is 1. The third kappa shape index (κ3) is 3.76. The van der Waals surface area contributed by atoms with E-state index in [1.165, 1.54) is 30.6 Å². The molecule has 0 unspecified atom stereocenters. The first-order chi connectivity index (χ1) is 14.6. The van der Waals surface area contributed by atoms with Gasteiger partial charge in [-0.25, -0.2) is 9.48 Å². The fraction of sp³-hybridized carbons (Fsp3) is 0.0500. The number of methoxy groups -OCH3 is 1. The van der Waals surface area contributed by atoms with Crippen molar-refractivity contribution in [1.29, 1.82) is 0 Å². The molecular formula is C20H14N4O5S. The van der Waals surface area contributed by atoms with Crippen LogP contribution in [0.3, 0.4) is 0 Å². The lowest BCUT2D eigenvalue weighted by Crippen LogP contribution is -2.12. The Morgan fingerprint density at radius 2 is 1.90 bits per heavy atom. The first-order valence-electron chi connectivity index (χ1n) is 8.68. The van der Waals surface area contributed by atoms with Crippen LogP contribution in [0.2, 0.25) is 0 Å². The second-order valence-electron chi connectivity index (χ2n) is 5.97. The van der Waals surface area contributed by atoms with Gasteiger partial charge in [-0.15, -0.1) is 16.4 Å². The van der Waals surface area contributed by atoms with Crippen molar-refractivity contribution in [2.45, 2.75) is 0 Å². The molecule has 4 rings (SSSR count). The van der Waals surface area contributed by atoms with Crippen molar-refractivity contribution in [3.8, 4) is 27.9 Å². The average Bonchev–Trinajstić information content (AvgIpc) is 3.44. The molecule has 0 atom stereocenters. The molecular weight excluding hydrogens is 408 g/mol. The van der Waals surface area contributed by atoms with E-state index in [2.05, 4.69) is 10.1 Å². The Morgan fingerprint density at radius 1 is 1.10 bits per heavy atom. The fourth-order valence-corrected chi connectivity index (χ4v) is 3.42. The lowest BCUT2D eigenvalue weighted by atomic mass is 10.3. The monoisotopic (exact) mass is 422 g/mol. The second kappa shape index (κ2) is 8.13. The number of para-hydroxylation sites is 1. The molecule has 2 aromatic carbocycles. The van der Waals surface area contributed by atoms with Gasteiger partial charge in [-0.05, 0) is 29.6 Å². The molecule has 10 heteroatoms. The van der Waals surface area contributed by atoms with Crippen molar-refractivity contribution in [2.24, 2.45) is 0 Å². The summed E-state index contributed by atoms with van der Waals surface area (Å²) >= 11 is 1.45. The fourth-order valence-electron chi connectivity index (χ4n) is 2.72. The van der Waals surface area contributed by atoms with Gasteiger partial charge in [0, 0.05) is 6.07 Å². The van der Waals surface area contributed by atoms with E-state index in [0.717, 1.165) is 16.6 Å². The number of hydrogen-bond donors (Lipinski definition) is 0. The Balaban J connectivity index is 1.72. The summed E-state index contributed by atoms with van der Waals surface area (Å²) in [5, 5.41) is 17.2. The zero-order valence-electron chi connectivity index (χ0n) is 15.6. The van der Waals surface area contributed by atoms with Crippen molar-refractivity contribution < 1.29 is 19.2 Å². The highest BCUT2D eigenvalue weighted by Crippen LogP contribution is 2.32. The van der Waals surface area contributed by atoms with E-state index >= 15 is 0 Å². The summed E-state index contributed by atoms with van der Waals surface area (Å²) in [6.07, 6.45) is 0. The number of benzene rings is 2. The van der Waals surface area contributed by atoms with E-state index in [4.69, 9.17) is 9.47 Å². The molecule has 0 aliphatic carbocycles. The summed E-state index contributed by atoms with van der Waals surface area (Å²) in [6, 6.07) is 16.7. The third-order valence-electron chi connectivity index (χ3n) is 4.09. The van der Waals surface area contributed by atoms with Crippen LogP contribution in [0.1, 0.15) is 10.6 Å². The predicted molar refractivity (Wildman–Crippen MR) is 109 cm³/mol. The minimum atomic E-state index is -0.860. The topological polar surface area (TPSA) is 109 Å². The molecule has 0 amide bonds. The van der Waals surface area contributed by atoms with Crippen LogP contribution in [0.5, 0.6) is 11.5 Å². The van der Waals surface area contributed by atoms with Gasteiger partial charge in [-0.2, -0.15) is 4.98 Å². The quantitative estimate of drug-likeness (QED) is 0.199. The highest BCUT2D eigenvalue weighted by molar-refractivity contribution is 7.13. The van der Waals surface area contributed by atoms with Gasteiger partial charge in [0.1, 0.15) is 0 Å². The second-order valence-corrected chi connectivity index (χ2v) is 6.91. The summed E-state index contributed by atoms with van der Waals surface area (Å²) in [7, 11) is 1.37. The molecule has 0 saturated carbocycles. The maximum Gasteiger partial charge on any atom is 0.383 e. The van der Waals surface area contributed by atoms with Crippen molar-refractivity contribution in [1.82, 2.24) is 14.8 Å². The molecule has 2 heterocycles. The van der Waals surface area contributed by atoms with Crippen molar-refractivity contribution >= 4 is 23.0 Å². The Hall–Kier alpha value is -4.05. The first-order valence-corrected chi connectivity index (χ1v) is 9.56. The van der Waals surface area contributed by atoms with Gasteiger partial charge in [-0.1, -0.05) is 24.3 Å². The predicted octanol–water partition coefficient (Wildman–Crippen LogP) is 4.13. The molecule has 4 aromatic rings. The van der Waals surface area contributed by atoms with E-state index in [-0.39, 0.29) is 23.0 Å². The van der Waals surface area contributed by atoms with Crippen LogP contribution in [-0.2, 0) is 0 Å². The van der Waals surface area contributed by atoms with Gasteiger partial charge < -0.3 is 9.47 Å². The molecule has 0 aliphatic rings. The van der Waals surface area contributed by atoms with Crippen LogP contribution in [0.25, 0.3) is 16.4 Å². The standard InChI is InChI=1S/C20H14N4O5S/c1-28-15-10-9-14(24(26)27)12-16(15)29-20(25)18-21-19(17-8-5-11-30-17)23(22-18)13-6-3-2-4-7-13/h2-12H,1H3. The first kappa shape index (κ1) is 19.3. The summed E-state index contributed by atoms with van der Waals surface area (Å²) in [6.45, 7) is 0. The van der Waals surface area contributed by atoms with Crippen molar-refractivity contribution in [3.05, 3.63) is 82.0 Å². The number of nitro groups is 1. The molecule has 150 valence electrons. The van der Waals surface area contributed by atoms with Crippen LogP contribution in [0.15, 0.2) is 66.0 Å². The average molecular weight is 422 g/mol. The summed E-state index contributed by atoms with van der Waals surface area (Å²) in [5.74, 6) is -0.480. The number of nitrogens with zero attached hydrogens (tertiary/aromatic N) is 4. The smallest absolute Gasteiger partial charge is 0.383 e. The number of aromatic nitrogens is 3. The lowest BCUT2D eigenvalue weighted by Gasteiger charge is -2.07. The number of hydrogen-bond acceptors (Lipinski definition) is 8. The van der Waals surface area contributed by atoms with E-state index in [9.17, 15) is 14.9 Å². The number of esters is 1. The van der Waals surface area contributed by atoms with Crippen LogP contribution in [0.4, 0.5) is 5.69 Å². The van der Waals surface area contributed by atoms with Crippen LogP contribution < -0.4 is 9.47 Å². The Bertz CT molecular complexity index is 1210. The summed E-state index contributed by atoms with van der Waals surface area (Å²) in [4.78, 5) is 28.4. The number of nitro benzene ring substituents is 1. The summed E-state index contributed by atoms with van der Waals surface area (Å²) in [5.41, 5.74) is 0.487. The van der Waals surface area contributed by atoms with E-state index in [1.54, 1.807) is 4.68 Å². The van der Waals surface area contributed by atoms with Crippen LogP contribution >= 0.6 is 11.3 Å².